The zero-order valence-electron chi connectivity index (χ0n) is 8.77. The highest BCUT2D eigenvalue weighted by Gasteiger charge is 2.01. The van der Waals surface area contributed by atoms with E-state index in [0.29, 0.717) is 6.42 Å². The molecule has 0 fully saturated rings. The first-order chi connectivity index (χ1) is 6.97. The summed E-state index contributed by atoms with van der Waals surface area (Å²) in [7, 11) is 0. The summed E-state index contributed by atoms with van der Waals surface area (Å²) < 4.78 is 0. The van der Waals surface area contributed by atoms with Crippen LogP contribution in [0.3, 0.4) is 0 Å². The van der Waals surface area contributed by atoms with Crippen molar-refractivity contribution in [3.8, 4) is 0 Å². The third-order valence-electron chi connectivity index (χ3n) is 1.49. The first kappa shape index (κ1) is 13.6. The molecule has 1 atom stereocenters. The number of aryl methyl sites for hydroxylation is 1. The van der Waals surface area contributed by atoms with E-state index < -0.39 is 12.1 Å². The molecule has 1 heterocycles. The highest BCUT2D eigenvalue weighted by molar-refractivity contribution is 5.71. The Kier molecular flexibility index (Phi) is 6.32. The number of aliphatic hydroxyl groups excluding tert-OH is 2. The van der Waals surface area contributed by atoms with E-state index in [1.165, 1.54) is 6.92 Å². The van der Waals surface area contributed by atoms with E-state index in [0.717, 1.165) is 11.5 Å². The molecule has 1 rings (SSSR count). The van der Waals surface area contributed by atoms with E-state index in [9.17, 15) is 4.79 Å². The van der Waals surface area contributed by atoms with Gasteiger partial charge in [-0.1, -0.05) is 0 Å². The fourth-order valence-corrected chi connectivity index (χ4v) is 0.719. The van der Waals surface area contributed by atoms with Crippen molar-refractivity contribution in [2.45, 2.75) is 26.4 Å². The maximum absolute atomic E-state index is 9.45. The highest BCUT2D eigenvalue weighted by Crippen LogP contribution is 1.94. The van der Waals surface area contributed by atoms with Gasteiger partial charge in [-0.2, -0.15) is 0 Å². The minimum absolute atomic E-state index is 0.182. The maximum Gasteiger partial charge on any atom is 0.332 e. The molecule has 0 bridgehead atoms. The number of aliphatic hydroxyl groups is 2. The van der Waals surface area contributed by atoms with Gasteiger partial charge in [0.05, 0.1) is 0 Å². The summed E-state index contributed by atoms with van der Waals surface area (Å²) >= 11 is 0. The van der Waals surface area contributed by atoms with Gasteiger partial charge in [-0.05, 0) is 13.8 Å². The Morgan fingerprint density at radius 1 is 1.67 bits per heavy atom. The number of aromatic amines is 1. The molecule has 0 radical (unpaired) electrons. The van der Waals surface area contributed by atoms with Crippen LogP contribution < -0.4 is 0 Å². The SMILES string of the molecule is CC(O)C(=O)O.Cc1ncc(CCO)[nH]1. The number of hydrogen-bond acceptors (Lipinski definition) is 4. The smallest absolute Gasteiger partial charge is 0.332 e. The number of nitrogens with zero attached hydrogens (tertiary/aromatic N) is 1. The largest absolute Gasteiger partial charge is 0.479 e. The number of carboxylic acid groups (broad SMARTS) is 1. The number of hydrogen-bond donors (Lipinski definition) is 4. The third-order valence-corrected chi connectivity index (χ3v) is 1.49. The molecule has 0 aliphatic carbocycles. The van der Waals surface area contributed by atoms with Crippen molar-refractivity contribution in [2.75, 3.05) is 6.61 Å². The van der Waals surface area contributed by atoms with E-state index in [2.05, 4.69) is 9.97 Å². The number of carbonyl (C=O) groups is 1. The topological polar surface area (TPSA) is 106 Å². The Balaban J connectivity index is 0.000000288. The fourth-order valence-electron chi connectivity index (χ4n) is 0.719. The number of aliphatic carboxylic acids is 1. The second-order valence-corrected chi connectivity index (χ2v) is 2.98. The lowest BCUT2D eigenvalue weighted by Gasteiger charge is -1.89. The molecule has 4 N–H and O–H groups in total. The minimum atomic E-state index is -1.23. The molecule has 0 saturated heterocycles. The fraction of sp³-hybridized carbons (Fsp3) is 0.556. The van der Waals surface area contributed by atoms with Crippen LogP contribution in [-0.4, -0.2) is 44.0 Å². The van der Waals surface area contributed by atoms with Crippen molar-refractivity contribution in [2.24, 2.45) is 0 Å². The molecule has 0 aromatic carbocycles. The van der Waals surface area contributed by atoms with Gasteiger partial charge in [-0.25, -0.2) is 9.78 Å². The Morgan fingerprint density at radius 2 is 2.20 bits per heavy atom. The molecule has 0 aliphatic rings. The lowest BCUT2D eigenvalue weighted by Crippen LogP contribution is -2.13. The number of nitrogens with one attached hydrogen (secondary N) is 1. The number of aromatic nitrogens is 2. The summed E-state index contributed by atoms with van der Waals surface area (Å²) in [6.07, 6.45) is 1.18. The molecule has 6 nitrogen and oxygen atoms in total. The van der Waals surface area contributed by atoms with Crippen molar-refractivity contribution >= 4 is 5.97 Å². The molecule has 0 spiro atoms. The van der Waals surface area contributed by atoms with Gasteiger partial charge in [0.2, 0.25) is 0 Å². The molecular formula is C9H16N2O4. The molecule has 1 aromatic rings. The van der Waals surface area contributed by atoms with Crippen molar-refractivity contribution in [1.82, 2.24) is 9.97 Å². The zero-order valence-corrected chi connectivity index (χ0v) is 8.77. The minimum Gasteiger partial charge on any atom is -0.479 e. The molecule has 1 aromatic heterocycles. The quantitative estimate of drug-likeness (QED) is 0.555. The van der Waals surface area contributed by atoms with Crippen molar-refractivity contribution in [3.63, 3.8) is 0 Å². The van der Waals surface area contributed by atoms with E-state index >= 15 is 0 Å². The average molecular weight is 216 g/mol. The Labute approximate surface area is 87.6 Å². The molecule has 0 amide bonds. The predicted molar refractivity (Wildman–Crippen MR) is 53.4 cm³/mol. The summed E-state index contributed by atoms with van der Waals surface area (Å²) in [5, 5.41) is 24.3. The lowest BCUT2D eigenvalue weighted by atomic mass is 10.4. The Hall–Kier alpha value is -1.40. The standard InChI is InChI=1S/C6H10N2O.C3H6O3/c1-5-7-4-6(8-5)2-3-9;1-2(4)3(5)6/h4,9H,2-3H2,1H3,(H,7,8);2,4H,1H3,(H,5,6). The van der Waals surface area contributed by atoms with Crippen LogP contribution >= 0.6 is 0 Å². The lowest BCUT2D eigenvalue weighted by molar-refractivity contribution is -0.145. The number of imidazole rings is 1. The second kappa shape index (κ2) is 6.97. The average Bonchev–Trinajstić information content (AvgIpc) is 2.53. The zero-order chi connectivity index (χ0) is 11.8. The molecule has 6 heteroatoms. The van der Waals surface area contributed by atoms with Crippen molar-refractivity contribution in [3.05, 3.63) is 17.7 Å². The van der Waals surface area contributed by atoms with E-state index in [4.69, 9.17) is 15.3 Å². The van der Waals surface area contributed by atoms with E-state index in [1.807, 2.05) is 6.92 Å². The third kappa shape index (κ3) is 6.64. The summed E-state index contributed by atoms with van der Waals surface area (Å²) in [4.78, 5) is 16.4. The number of rotatable bonds is 3. The molecule has 15 heavy (non-hydrogen) atoms. The van der Waals surface area contributed by atoms with Gasteiger partial charge < -0.3 is 20.3 Å². The first-order valence-corrected chi connectivity index (χ1v) is 4.49. The van der Waals surface area contributed by atoms with Crippen LogP contribution in [0, 0.1) is 6.92 Å². The van der Waals surface area contributed by atoms with Gasteiger partial charge >= 0.3 is 5.97 Å². The van der Waals surface area contributed by atoms with Gasteiger partial charge in [-0.15, -0.1) is 0 Å². The maximum atomic E-state index is 9.45. The Morgan fingerprint density at radius 3 is 2.47 bits per heavy atom. The van der Waals surface area contributed by atoms with Gasteiger partial charge in [0.15, 0.2) is 0 Å². The summed E-state index contributed by atoms with van der Waals surface area (Å²) in [6.45, 7) is 3.27. The Bertz CT molecular complexity index is 296. The van der Waals surface area contributed by atoms with Gasteiger partial charge in [0.25, 0.3) is 0 Å². The summed E-state index contributed by atoms with van der Waals surface area (Å²) in [5.74, 6) is -0.284. The normalized spacial score (nSPS) is 11.5. The first-order valence-electron chi connectivity index (χ1n) is 4.49. The number of carboxylic acids is 1. The highest BCUT2D eigenvalue weighted by atomic mass is 16.4. The molecule has 0 saturated carbocycles. The van der Waals surface area contributed by atoms with Gasteiger partial charge in [0.1, 0.15) is 11.9 Å². The predicted octanol–water partition coefficient (Wildman–Crippen LogP) is -0.295. The van der Waals surface area contributed by atoms with Crippen molar-refractivity contribution in [1.29, 1.82) is 0 Å². The van der Waals surface area contributed by atoms with Gasteiger partial charge in [-0.3, -0.25) is 0 Å². The van der Waals surface area contributed by atoms with Crippen LogP contribution in [0.1, 0.15) is 18.4 Å². The molecular weight excluding hydrogens is 200 g/mol. The van der Waals surface area contributed by atoms with Crippen LogP contribution in [0.4, 0.5) is 0 Å². The molecule has 86 valence electrons. The van der Waals surface area contributed by atoms with Crippen LogP contribution in [0.5, 0.6) is 0 Å². The van der Waals surface area contributed by atoms with Crippen LogP contribution in [0.15, 0.2) is 6.20 Å². The van der Waals surface area contributed by atoms with Crippen LogP contribution in [-0.2, 0) is 11.2 Å². The van der Waals surface area contributed by atoms with E-state index in [-0.39, 0.29) is 6.61 Å². The van der Waals surface area contributed by atoms with Crippen LogP contribution in [0.2, 0.25) is 0 Å². The van der Waals surface area contributed by atoms with Gasteiger partial charge in [0, 0.05) is 24.9 Å². The summed E-state index contributed by atoms with van der Waals surface area (Å²) in [6, 6.07) is 0. The molecule has 0 aliphatic heterocycles. The van der Waals surface area contributed by atoms with Crippen molar-refractivity contribution < 1.29 is 20.1 Å². The number of H-pyrrole nitrogens is 1. The monoisotopic (exact) mass is 216 g/mol. The second-order valence-electron chi connectivity index (χ2n) is 2.98. The summed E-state index contributed by atoms with van der Waals surface area (Å²) in [5.41, 5.74) is 0.995. The molecule has 1 unspecified atom stereocenters. The van der Waals surface area contributed by atoms with E-state index in [1.54, 1.807) is 6.20 Å². The van der Waals surface area contributed by atoms with Crippen LogP contribution in [0.25, 0.3) is 0 Å².